The second-order valence-electron chi connectivity index (χ2n) is 4.20. The van der Waals surface area contributed by atoms with Gasteiger partial charge in [0.15, 0.2) is 0 Å². The van der Waals surface area contributed by atoms with E-state index in [4.69, 9.17) is 5.73 Å². The van der Waals surface area contributed by atoms with E-state index in [2.05, 4.69) is 24.0 Å². The summed E-state index contributed by atoms with van der Waals surface area (Å²) < 4.78 is 0. The predicted octanol–water partition coefficient (Wildman–Crippen LogP) is 2.25. The number of rotatable bonds is 2. The number of nitrogen functional groups attached to an aromatic ring is 1. The third-order valence-corrected chi connectivity index (χ3v) is 3.06. The Kier molecular flexibility index (Phi) is 2.73. The predicted molar refractivity (Wildman–Crippen MR) is 60.0 cm³/mol. The smallest absolute Gasteiger partial charge is 0.0314 e. The van der Waals surface area contributed by atoms with Gasteiger partial charge in [-0.15, -0.1) is 0 Å². The first-order valence-electron chi connectivity index (χ1n) is 5.34. The topological polar surface area (TPSA) is 29.3 Å². The monoisotopic (exact) mass is 190 g/mol. The fourth-order valence-corrected chi connectivity index (χ4v) is 2.09. The Labute approximate surface area is 85.7 Å². The van der Waals surface area contributed by atoms with Crippen LogP contribution in [0.3, 0.4) is 0 Å². The second-order valence-corrected chi connectivity index (χ2v) is 4.20. The maximum absolute atomic E-state index is 5.65. The highest BCUT2D eigenvalue weighted by Gasteiger charge is 2.19. The molecule has 1 aliphatic rings. The molecule has 0 aliphatic carbocycles. The van der Waals surface area contributed by atoms with Crippen LogP contribution in [-0.4, -0.2) is 17.5 Å². The first kappa shape index (κ1) is 9.53. The average molecular weight is 190 g/mol. The van der Waals surface area contributed by atoms with Crippen molar-refractivity contribution >= 4 is 5.69 Å². The van der Waals surface area contributed by atoms with Crippen LogP contribution in [-0.2, 0) is 6.54 Å². The third-order valence-electron chi connectivity index (χ3n) is 3.06. The molecule has 1 heterocycles. The zero-order chi connectivity index (χ0) is 9.97. The van der Waals surface area contributed by atoms with Crippen LogP contribution in [0, 0.1) is 0 Å². The Bertz CT molecular complexity index is 292. The van der Waals surface area contributed by atoms with Gasteiger partial charge in [-0.3, -0.25) is 4.90 Å². The van der Waals surface area contributed by atoms with Crippen molar-refractivity contribution in [2.45, 2.75) is 32.4 Å². The van der Waals surface area contributed by atoms with Crippen LogP contribution >= 0.6 is 0 Å². The molecule has 2 rings (SSSR count). The summed E-state index contributed by atoms with van der Waals surface area (Å²) >= 11 is 0. The minimum atomic E-state index is 0.743. The van der Waals surface area contributed by atoms with Crippen molar-refractivity contribution in [1.82, 2.24) is 4.90 Å². The van der Waals surface area contributed by atoms with Gasteiger partial charge in [-0.2, -0.15) is 0 Å². The number of likely N-dealkylation sites (tertiary alicyclic amines) is 1. The van der Waals surface area contributed by atoms with E-state index in [1.165, 1.54) is 24.9 Å². The number of nitrogens with two attached hydrogens (primary N) is 1. The lowest BCUT2D eigenvalue weighted by Gasteiger charge is -2.20. The summed E-state index contributed by atoms with van der Waals surface area (Å²) in [6, 6.07) is 8.96. The summed E-state index contributed by atoms with van der Waals surface area (Å²) in [4.78, 5) is 2.53. The minimum Gasteiger partial charge on any atom is -0.399 e. The van der Waals surface area contributed by atoms with Gasteiger partial charge in [0, 0.05) is 18.3 Å². The molecule has 0 radical (unpaired) electrons. The number of benzene rings is 1. The number of hydrogen-bond donors (Lipinski definition) is 1. The molecule has 2 nitrogen and oxygen atoms in total. The number of hydrogen-bond acceptors (Lipinski definition) is 2. The lowest BCUT2D eigenvalue weighted by atomic mass is 10.2. The lowest BCUT2D eigenvalue weighted by molar-refractivity contribution is 0.260. The van der Waals surface area contributed by atoms with Crippen molar-refractivity contribution in [1.29, 1.82) is 0 Å². The standard InChI is InChI=1S/C12H18N2/c1-10-3-2-8-14(10)9-11-4-6-12(13)7-5-11/h4-7,10H,2-3,8-9,13H2,1H3. The minimum absolute atomic E-state index is 0.743. The summed E-state index contributed by atoms with van der Waals surface area (Å²) in [5, 5.41) is 0. The quantitative estimate of drug-likeness (QED) is 0.725. The van der Waals surface area contributed by atoms with E-state index in [0.29, 0.717) is 0 Å². The summed E-state index contributed by atoms with van der Waals surface area (Å²) in [6.45, 7) is 4.62. The third kappa shape index (κ3) is 2.07. The highest BCUT2D eigenvalue weighted by molar-refractivity contribution is 5.39. The van der Waals surface area contributed by atoms with E-state index >= 15 is 0 Å². The Balaban J connectivity index is 2.00. The van der Waals surface area contributed by atoms with Crippen LogP contribution in [0.4, 0.5) is 5.69 Å². The van der Waals surface area contributed by atoms with Gasteiger partial charge in [0.05, 0.1) is 0 Å². The first-order valence-corrected chi connectivity index (χ1v) is 5.34. The molecule has 14 heavy (non-hydrogen) atoms. The maximum Gasteiger partial charge on any atom is 0.0314 e. The van der Waals surface area contributed by atoms with Crippen LogP contribution in [0.2, 0.25) is 0 Å². The molecule has 1 aromatic rings. The van der Waals surface area contributed by atoms with Crippen molar-refractivity contribution in [2.24, 2.45) is 0 Å². The molecule has 2 N–H and O–H groups in total. The van der Waals surface area contributed by atoms with Crippen molar-refractivity contribution < 1.29 is 0 Å². The lowest BCUT2D eigenvalue weighted by Crippen LogP contribution is -2.26. The SMILES string of the molecule is CC1CCCN1Cc1ccc(N)cc1. The Morgan fingerprint density at radius 1 is 1.36 bits per heavy atom. The molecule has 0 aromatic heterocycles. The maximum atomic E-state index is 5.65. The van der Waals surface area contributed by atoms with Crippen molar-refractivity contribution in [3.05, 3.63) is 29.8 Å². The molecule has 0 amide bonds. The highest BCUT2D eigenvalue weighted by atomic mass is 15.2. The molecule has 2 heteroatoms. The zero-order valence-electron chi connectivity index (χ0n) is 8.74. The van der Waals surface area contributed by atoms with Crippen LogP contribution in [0.1, 0.15) is 25.3 Å². The molecular formula is C12H18N2. The van der Waals surface area contributed by atoms with Gasteiger partial charge < -0.3 is 5.73 Å². The molecule has 1 aromatic carbocycles. The van der Waals surface area contributed by atoms with Crippen LogP contribution in [0.5, 0.6) is 0 Å². The molecule has 76 valence electrons. The molecule has 1 aliphatic heterocycles. The van der Waals surface area contributed by atoms with Crippen LogP contribution in [0.25, 0.3) is 0 Å². The molecule has 0 saturated carbocycles. The zero-order valence-corrected chi connectivity index (χ0v) is 8.74. The van der Waals surface area contributed by atoms with E-state index < -0.39 is 0 Å². The second kappa shape index (κ2) is 4.01. The van der Waals surface area contributed by atoms with Gasteiger partial charge >= 0.3 is 0 Å². The fraction of sp³-hybridized carbons (Fsp3) is 0.500. The van der Waals surface area contributed by atoms with Crippen molar-refractivity contribution in [3.8, 4) is 0 Å². The van der Waals surface area contributed by atoms with Gasteiger partial charge in [-0.25, -0.2) is 0 Å². The van der Waals surface area contributed by atoms with Gasteiger partial charge in [0.25, 0.3) is 0 Å². The molecule has 1 fully saturated rings. The van der Waals surface area contributed by atoms with E-state index in [0.717, 1.165) is 18.3 Å². The van der Waals surface area contributed by atoms with Gasteiger partial charge in [0.2, 0.25) is 0 Å². The largest absolute Gasteiger partial charge is 0.399 e. The van der Waals surface area contributed by atoms with E-state index in [9.17, 15) is 0 Å². The molecule has 1 atom stereocenters. The molecular weight excluding hydrogens is 172 g/mol. The van der Waals surface area contributed by atoms with Crippen LogP contribution in [0.15, 0.2) is 24.3 Å². The highest BCUT2D eigenvalue weighted by Crippen LogP contribution is 2.19. The van der Waals surface area contributed by atoms with Crippen molar-refractivity contribution in [3.63, 3.8) is 0 Å². The van der Waals surface area contributed by atoms with E-state index in [-0.39, 0.29) is 0 Å². The summed E-state index contributed by atoms with van der Waals surface area (Å²) in [7, 11) is 0. The summed E-state index contributed by atoms with van der Waals surface area (Å²) in [5.74, 6) is 0. The normalized spacial score (nSPS) is 22.8. The summed E-state index contributed by atoms with van der Waals surface area (Å²) in [5.41, 5.74) is 7.87. The molecule has 1 unspecified atom stereocenters. The Morgan fingerprint density at radius 3 is 2.64 bits per heavy atom. The Hall–Kier alpha value is -1.02. The molecule has 1 saturated heterocycles. The van der Waals surface area contributed by atoms with E-state index in [1.54, 1.807) is 0 Å². The number of anilines is 1. The van der Waals surface area contributed by atoms with Gasteiger partial charge in [0.1, 0.15) is 0 Å². The van der Waals surface area contributed by atoms with E-state index in [1.807, 2.05) is 12.1 Å². The van der Waals surface area contributed by atoms with Gasteiger partial charge in [-0.1, -0.05) is 12.1 Å². The van der Waals surface area contributed by atoms with Crippen molar-refractivity contribution in [2.75, 3.05) is 12.3 Å². The van der Waals surface area contributed by atoms with Gasteiger partial charge in [-0.05, 0) is 44.0 Å². The van der Waals surface area contributed by atoms with Crippen LogP contribution < -0.4 is 5.73 Å². The molecule has 0 bridgehead atoms. The molecule has 0 spiro atoms. The average Bonchev–Trinajstić information content (AvgIpc) is 2.56. The Morgan fingerprint density at radius 2 is 2.07 bits per heavy atom. The fourth-order valence-electron chi connectivity index (χ4n) is 2.09. The first-order chi connectivity index (χ1) is 6.75. The number of nitrogens with zero attached hydrogens (tertiary/aromatic N) is 1. The summed E-state index contributed by atoms with van der Waals surface area (Å²) in [6.07, 6.45) is 2.69.